The molecule has 2 aromatic heterocycles. The van der Waals surface area contributed by atoms with Gasteiger partial charge in [0, 0.05) is 38.1 Å². The van der Waals surface area contributed by atoms with Crippen LogP contribution in [0.2, 0.25) is 10.0 Å². The maximum atomic E-state index is 13.3. The van der Waals surface area contributed by atoms with Crippen molar-refractivity contribution < 1.29 is 4.79 Å². The molecular formula is C22H19Cl2N5O. The molecule has 1 aliphatic rings. The first-order chi connectivity index (χ1) is 14.3. The third-order valence-corrected chi connectivity index (χ3v) is 5.61. The minimum absolute atomic E-state index is 0.0104. The first kappa shape index (κ1) is 20.3. The van der Waals surface area contributed by atoms with Crippen LogP contribution in [-0.2, 0) is 0 Å². The second-order valence-electron chi connectivity index (χ2n) is 7.26. The summed E-state index contributed by atoms with van der Waals surface area (Å²) in [7, 11) is 3.86. The smallest absolute Gasteiger partial charge is 0.277 e. The second-order valence-corrected chi connectivity index (χ2v) is 8.08. The number of benzene rings is 1. The first-order valence-electron chi connectivity index (χ1n) is 9.35. The molecule has 152 valence electrons. The van der Waals surface area contributed by atoms with E-state index in [9.17, 15) is 4.79 Å². The topological polar surface area (TPSA) is 54.3 Å². The van der Waals surface area contributed by atoms with Crippen LogP contribution in [0.3, 0.4) is 0 Å². The number of fused-ring (bicyclic) bond motifs is 1. The van der Waals surface area contributed by atoms with Crippen LogP contribution in [0.25, 0.3) is 0 Å². The Balaban J connectivity index is 1.67. The SMILES string of the molecule is C[C@H]1CN(c2ccc(Cl)c(Cl)c2)C(=O)c2c(C#Cc3ccc(N(C)C)nc3)cnn21. The highest BCUT2D eigenvalue weighted by molar-refractivity contribution is 6.42. The third kappa shape index (κ3) is 3.74. The Kier molecular flexibility index (Phi) is 5.42. The van der Waals surface area contributed by atoms with Gasteiger partial charge in [0.1, 0.15) is 11.5 Å². The Hall–Kier alpha value is -3.01. The first-order valence-corrected chi connectivity index (χ1v) is 10.1. The number of carbonyl (C=O) groups is 1. The van der Waals surface area contributed by atoms with E-state index in [0.717, 1.165) is 11.4 Å². The normalized spacial score (nSPS) is 15.4. The molecule has 4 rings (SSSR count). The van der Waals surface area contributed by atoms with Gasteiger partial charge >= 0.3 is 0 Å². The fraction of sp³-hybridized carbons (Fsp3) is 0.227. The molecule has 0 N–H and O–H groups in total. The zero-order chi connectivity index (χ0) is 21.4. The van der Waals surface area contributed by atoms with Crippen molar-refractivity contribution in [2.24, 2.45) is 0 Å². The van der Waals surface area contributed by atoms with E-state index in [0.29, 0.717) is 33.5 Å². The molecule has 0 unspecified atom stereocenters. The second kappa shape index (κ2) is 8.02. The monoisotopic (exact) mass is 439 g/mol. The number of anilines is 2. The molecule has 3 heterocycles. The van der Waals surface area contributed by atoms with Crippen molar-refractivity contribution >= 4 is 40.6 Å². The molecule has 1 aliphatic heterocycles. The average molecular weight is 440 g/mol. The molecule has 0 radical (unpaired) electrons. The van der Waals surface area contributed by atoms with Crippen molar-refractivity contribution in [3.05, 3.63) is 69.6 Å². The zero-order valence-corrected chi connectivity index (χ0v) is 18.2. The van der Waals surface area contributed by atoms with Crippen LogP contribution in [0.15, 0.2) is 42.7 Å². The number of nitrogens with zero attached hydrogens (tertiary/aromatic N) is 5. The van der Waals surface area contributed by atoms with Gasteiger partial charge in [0.05, 0.1) is 27.8 Å². The molecule has 0 saturated heterocycles. The Bertz CT molecular complexity index is 1170. The predicted octanol–water partition coefficient (Wildman–Crippen LogP) is 4.27. The van der Waals surface area contributed by atoms with Crippen molar-refractivity contribution in [1.82, 2.24) is 14.8 Å². The van der Waals surface area contributed by atoms with Crippen molar-refractivity contribution in [3.63, 3.8) is 0 Å². The Labute approximate surface area is 185 Å². The van der Waals surface area contributed by atoms with Crippen LogP contribution < -0.4 is 9.80 Å². The fourth-order valence-electron chi connectivity index (χ4n) is 3.29. The van der Waals surface area contributed by atoms with Gasteiger partial charge in [-0.3, -0.25) is 9.48 Å². The molecule has 6 nitrogen and oxygen atoms in total. The highest BCUT2D eigenvalue weighted by Crippen LogP contribution is 2.31. The van der Waals surface area contributed by atoms with Gasteiger partial charge in [0.25, 0.3) is 5.91 Å². The van der Waals surface area contributed by atoms with Gasteiger partial charge < -0.3 is 9.80 Å². The Morgan fingerprint density at radius 1 is 1.10 bits per heavy atom. The van der Waals surface area contributed by atoms with Crippen LogP contribution in [0, 0.1) is 11.8 Å². The molecule has 1 amide bonds. The summed E-state index contributed by atoms with van der Waals surface area (Å²) in [6.07, 6.45) is 3.35. The molecular weight excluding hydrogens is 421 g/mol. The molecule has 3 aromatic rings. The summed E-state index contributed by atoms with van der Waals surface area (Å²) in [5.74, 6) is 6.84. The fourth-order valence-corrected chi connectivity index (χ4v) is 3.59. The van der Waals surface area contributed by atoms with Crippen molar-refractivity contribution in [2.75, 3.05) is 30.4 Å². The van der Waals surface area contributed by atoms with Gasteiger partial charge in [-0.15, -0.1) is 0 Å². The molecule has 0 saturated carbocycles. The van der Waals surface area contributed by atoms with E-state index in [1.807, 2.05) is 38.1 Å². The highest BCUT2D eigenvalue weighted by atomic mass is 35.5. The number of halogens is 2. The summed E-state index contributed by atoms with van der Waals surface area (Å²) >= 11 is 12.2. The number of hydrogen-bond donors (Lipinski definition) is 0. The van der Waals surface area contributed by atoms with Crippen LogP contribution in [0.4, 0.5) is 11.5 Å². The van der Waals surface area contributed by atoms with E-state index < -0.39 is 0 Å². The average Bonchev–Trinajstić information content (AvgIpc) is 3.16. The number of rotatable bonds is 2. The van der Waals surface area contributed by atoms with Crippen molar-refractivity contribution in [2.45, 2.75) is 13.0 Å². The van der Waals surface area contributed by atoms with E-state index in [2.05, 4.69) is 21.9 Å². The van der Waals surface area contributed by atoms with Crippen molar-refractivity contribution in [3.8, 4) is 11.8 Å². The maximum absolute atomic E-state index is 13.3. The van der Waals surface area contributed by atoms with Gasteiger partial charge in [-0.1, -0.05) is 35.0 Å². The van der Waals surface area contributed by atoms with Gasteiger partial charge in [-0.25, -0.2) is 4.98 Å². The summed E-state index contributed by atoms with van der Waals surface area (Å²) in [6.45, 7) is 2.49. The minimum Gasteiger partial charge on any atom is -0.363 e. The van der Waals surface area contributed by atoms with Crippen LogP contribution in [-0.4, -0.2) is 41.3 Å². The standard InChI is InChI=1S/C22H19Cl2N5O/c1-14-13-28(17-7-8-18(23)19(24)10-17)22(30)21-16(12-26-29(14)21)6-4-15-5-9-20(25-11-15)27(2)3/h5,7-12,14H,13H2,1-3H3/t14-/m0/s1. The van der Waals surface area contributed by atoms with E-state index >= 15 is 0 Å². The summed E-state index contributed by atoms with van der Waals surface area (Å²) in [5, 5.41) is 5.25. The largest absolute Gasteiger partial charge is 0.363 e. The lowest BCUT2D eigenvalue weighted by Gasteiger charge is -2.32. The number of hydrogen-bond acceptors (Lipinski definition) is 4. The Morgan fingerprint density at radius 2 is 1.90 bits per heavy atom. The molecule has 0 fully saturated rings. The predicted molar refractivity (Wildman–Crippen MR) is 120 cm³/mol. The highest BCUT2D eigenvalue weighted by Gasteiger charge is 2.33. The van der Waals surface area contributed by atoms with Crippen LogP contribution >= 0.6 is 23.2 Å². The molecule has 1 atom stereocenters. The molecule has 0 bridgehead atoms. The Morgan fingerprint density at radius 3 is 2.57 bits per heavy atom. The van der Waals surface area contributed by atoms with Gasteiger partial charge in [-0.2, -0.15) is 5.10 Å². The van der Waals surface area contributed by atoms with E-state index in [4.69, 9.17) is 23.2 Å². The molecule has 0 aliphatic carbocycles. The van der Waals surface area contributed by atoms with E-state index in [1.54, 1.807) is 40.2 Å². The lowest BCUT2D eigenvalue weighted by atomic mass is 10.1. The third-order valence-electron chi connectivity index (χ3n) is 4.87. The molecule has 0 spiro atoms. The van der Waals surface area contributed by atoms with Crippen molar-refractivity contribution in [1.29, 1.82) is 0 Å². The van der Waals surface area contributed by atoms with E-state index in [1.165, 1.54) is 0 Å². The quantitative estimate of drug-likeness (QED) is 0.559. The minimum atomic E-state index is -0.172. The zero-order valence-electron chi connectivity index (χ0n) is 16.7. The molecule has 8 heteroatoms. The lowest BCUT2D eigenvalue weighted by molar-refractivity contribution is 0.0953. The number of carbonyl (C=O) groups excluding carboxylic acids is 1. The lowest BCUT2D eigenvalue weighted by Crippen LogP contribution is -2.43. The summed E-state index contributed by atoms with van der Waals surface area (Å²) < 4.78 is 1.73. The van der Waals surface area contributed by atoms with Crippen LogP contribution in [0.5, 0.6) is 0 Å². The number of pyridine rings is 1. The van der Waals surface area contributed by atoms with Gasteiger partial charge in [0.2, 0.25) is 0 Å². The van der Waals surface area contributed by atoms with E-state index in [-0.39, 0.29) is 11.9 Å². The van der Waals surface area contributed by atoms with Crippen LogP contribution in [0.1, 0.15) is 34.6 Å². The summed E-state index contributed by atoms with van der Waals surface area (Å²) in [5.41, 5.74) is 2.49. The molecule has 30 heavy (non-hydrogen) atoms. The van der Waals surface area contributed by atoms with Gasteiger partial charge in [-0.05, 0) is 37.3 Å². The summed E-state index contributed by atoms with van der Waals surface area (Å²) in [6, 6.07) is 8.96. The van der Waals surface area contributed by atoms with Gasteiger partial charge in [0.15, 0.2) is 0 Å². The maximum Gasteiger partial charge on any atom is 0.277 e. The molecule has 1 aromatic carbocycles. The number of amides is 1. The summed E-state index contributed by atoms with van der Waals surface area (Å²) in [4.78, 5) is 21.2. The number of aromatic nitrogens is 3.